The zero-order chi connectivity index (χ0) is 10.6. The van der Waals surface area contributed by atoms with Crippen molar-refractivity contribution in [1.82, 2.24) is 5.32 Å². The van der Waals surface area contributed by atoms with Crippen molar-refractivity contribution >= 4 is 11.9 Å². The Labute approximate surface area is 76.8 Å². The first kappa shape index (κ1) is 11.9. The molecule has 0 unspecified atom stereocenters. The minimum absolute atomic E-state index is 0.404. The van der Waals surface area contributed by atoms with Crippen molar-refractivity contribution < 1.29 is 19.8 Å². The molecule has 0 aromatic rings. The lowest BCUT2D eigenvalue weighted by atomic mass is 10.1. The van der Waals surface area contributed by atoms with Gasteiger partial charge in [-0.3, -0.25) is 14.9 Å². The molecule has 0 aliphatic carbocycles. The first-order valence-electron chi connectivity index (χ1n) is 3.94. The maximum atomic E-state index is 10.6. The molecule has 5 nitrogen and oxygen atoms in total. The summed E-state index contributed by atoms with van der Waals surface area (Å²) < 4.78 is 0. The number of carboxylic acid groups (broad SMARTS) is 2. The van der Waals surface area contributed by atoms with Gasteiger partial charge in [0.15, 0.2) is 0 Å². The van der Waals surface area contributed by atoms with Crippen LogP contribution in [0.25, 0.3) is 0 Å². The van der Waals surface area contributed by atoms with Gasteiger partial charge in [0.05, 0.1) is 6.42 Å². The third kappa shape index (κ3) is 6.10. The van der Waals surface area contributed by atoms with Gasteiger partial charge < -0.3 is 10.2 Å². The highest BCUT2D eigenvalue weighted by molar-refractivity contribution is 5.80. The average molecular weight is 189 g/mol. The summed E-state index contributed by atoms with van der Waals surface area (Å²) in [5.74, 6) is -2.26. The Hall–Kier alpha value is -1.10. The van der Waals surface area contributed by atoms with Gasteiger partial charge in [0, 0.05) is 5.54 Å². The molecule has 0 saturated heterocycles. The summed E-state index contributed by atoms with van der Waals surface area (Å²) in [4.78, 5) is 20.9. The molecule has 0 fully saturated rings. The van der Waals surface area contributed by atoms with Crippen LogP contribution in [-0.4, -0.2) is 33.7 Å². The van der Waals surface area contributed by atoms with E-state index in [4.69, 9.17) is 10.2 Å². The van der Waals surface area contributed by atoms with E-state index in [-0.39, 0.29) is 0 Å². The fraction of sp³-hybridized carbons (Fsp3) is 0.750. The van der Waals surface area contributed by atoms with Crippen LogP contribution in [0.5, 0.6) is 0 Å². The van der Waals surface area contributed by atoms with Gasteiger partial charge >= 0.3 is 11.9 Å². The van der Waals surface area contributed by atoms with Gasteiger partial charge in [-0.15, -0.1) is 0 Å². The van der Waals surface area contributed by atoms with E-state index in [2.05, 4.69) is 5.32 Å². The molecule has 76 valence electrons. The summed E-state index contributed by atoms with van der Waals surface area (Å²) >= 11 is 0. The van der Waals surface area contributed by atoms with Crippen LogP contribution in [0.4, 0.5) is 0 Å². The maximum absolute atomic E-state index is 10.6. The molecule has 13 heavy (non-hydrogen) atoms. The van der Waals surface area contributed by atoms with Crippen molar-refractivity contribution in [2.24, 2.45) is 0 Å². The lowest BCUT2D eigenvalue weighted by Crippen LogP contribution is -2.48. The molecule has 0 aromatic carbocycles. The van der Waals surface area contributed by atoms with Crippen molar-refractivity contribution in [2.75, 3.05) is 0 Å². The fourth-order valence-corrected chi connectivity index (χ4v) is 0.897. The van der Waals surface area contributed by atoms with E-state index < -0.39 is 29.9 Å². The smallest absolute Gasteiger partial charge is 0.321 e. The predicted octanol–water partition coefficient (Wildman–Crippen LogP) is 0.302. The second-order valence-corrected chi connectivity index (χ2v) is 3.88. The number of nitrogens with one attached hydrogen (secondary N) is 1. The Bertz CT molecular complexity index is 207. The molecule has 5 heteroatoms. The predicted molar refractivity (Wildman–Crippen MR) is 46.6 cm³/mol. The quantitative estimate of drug-likeness (QED) is 0.592. The van der Waals surface area contributed by atoms with Gasteiger partial charge in [-0.25, -0.2) is 0 Å². The van der Waals surface area contributed by atoms with Gasteiger partial charge in [0.2, 0.25) is 0 Å². The molecular weight excluding hydrogens is 174 g/mol. The average Bonchev–Trinajstić information content (AvgIpc) is 1.81. The summed E-state index contributed by atoms with van der Waals surface area (Å²) in [7, 11) is 0. The van der Waals surface area contributed by atoms with Crippen LogP contribution >= 0.6 is 0 Å². The van der Waals surface area contributed by atoms with E-state index in [1.807, 2.05) is 0 Å². The standard InChI is InChI=1S/C8H15NO4/c1-8(2,3)9-5(7(12)13)4-6(10)11/h5,9H,4H2,1-3H3,(H,10,11)(H,12,13)/t5-/m1/s1. The van der Waals surface area contributed by atoms with Crippen LogP contribution in [-0.2, 0) is 9.59 Å². The summed E-state index contributed by atoms with van der Waals surface area (Å²) in [5.41, 5.74) is -0.404. The molecule has 0 rings (SSSR count). The molecule has 0 heterocycles. The third-order valence-corrected chi connectivity index (χ3v) is 1.28. The van der Waals surface area contributed by atoms with Crippen LogP contribution in [0.2, 0.25) is 0 Å². The zero-order valence-corrected chi connectivity index (χ0v) is 8.00. The van der Waals surface area contributed by atoms with Crippen LogP contribution in [0.3, 0.4) is 0 Å². The number of rotatable bonds is 4. The van der Waals surface area contributed by atoms with E-state index in [9.17, 15) is 9.59 Å². The highest BCUT2D eigenvalue weighted by Gasteiger charge is 2.25. The first-order valence-corrected chi connectivity index (χ1v) is 3.94. The highest BCUT2D eigenvalue weighted by atomic mass is 16.4. The summed E-state index contributed by atoms with van der Waals surface area (Å²) in [6.07, 6.45) is -0.410. The van der Waals surface area contributed by atoms with Crippen molar-refractivity contribution in [2.45, 2.75) is 38.8 Å². The van der Waals surface area contributed by atoms with Crippen molar-refractivity contribution in [3.8, 4) is 0 Å². The minimum Gasteiger partial charge on any atom is -0.481 e. The third-order valence-electron chi connectivity index (χ3n) is 1.28. The van der Waals surface area contributed by atoms with Crippen molar-refractivity contribution in [1.29, 1.82) is 0 Å². The Morgan fingerprint density at radius 3 is 2.00 bits per heavy atom. The van der Waals surface area contributed by atoms with E-state index in [1.54, 1.807) is 20.8 Å². The SMILES string of the molecule is CC(C)(C)N[C@H](CC(=O)O)C(=O)O. The van der Waals surface area contributed by atoms with Crippen molar-refractivity contribution in [3.63, 3.8) is 0 Å². The molecular formula is C8H15NO4. The number of aliphatic carboxylic acids is 2. The molecule has 0 aromatic heterocycles. The van der Waals surface area contributed by atoms with Gasteiger partial charge in [-0.2, -0.15) is 0 Å². The lowest BCUT2D eigenvalue weighted by molar-refractivity contribution is -0.146. The number of carbonyl (C=O) groups is 2. The molecule has 0 amide bonds. The largest absolute Gasteiger partial charge is 0.481 e. The number of carboxylic acids is 2. The Balaban J connectivity index is 4.27. The number of hydrogen-bond donors (Lipinski definition) is 3. The van der Waals surface area contributed by atoms with Gasteiger partial charge in [0.25, 0.3) is 0 Å². The van der Waals surface area contributed by atoms with Crippen LogP contribution < -0.4 is 5.32 Å². The topological polar surface area (TPSA) is 86.6 Å². The molecule has 0 spiro atoms. The monoisotopic (exact) mass is 189 g/mol. The van der Waals surface area contributed by atoms with Gasteiger partial charge in [-0.05, 0) is 20.8 Å². The Morgan fingerprint density at radius 2 is 1.77 bits per heavy atom. The normalized spacial score (nSPS) is 13.8. The fourth-order valence-electron chi connectivity index (χ4n) is 0.897. The minimum atomic E-state index is -1.14. The first-order chi connectivity index (χ1) is 5.72. The highest BCUT2D eigenvalue weighted by Crippen LogP contribution is 2.04. The molecule has 0 saturated carbocycles. The van der Waals surface area contributed by atoms with Crippen LogP contribution in [0.15, 0.2) is 0 Å². The lowest BCUT2D eigenvalue weighted by Gasteiger charge is -2.24. The molecule has 0 bridgehead atoms. The second kappa shape index (κ2) is 4.23. The zero-order valence-electron chi connectivity index (χ0n) is 8.00. The van der Waals surface area contributed by atoms with Gasteiger partial charge in [0.1, 0.15) is 6.04 Å². The Morgan fingerprint density at radius 1 is 1.31 bits per heavy atom. The molecule has 1 atom stereocenters. The summed E-state index contributed by atoms with van der Waals surface area (Å²) in [6, 6.07) is -1.03. The van der Waals surface area contributed by atoms with E-state index >= 15 is 0 Å². The molecule has 0 radical (unpaired) electrons. The van der Waals surface area contributed by atoms with E-state index in [0.717, 1.165) is 0 Å². The number of hydrogen-bond acceptors (Lipinski definition) is 3. The summed E-state index contributed by atoms with van der Waals surface area (Å²) in [6.45, 7) is 5.35. The Kier molecular flexibility index (Phi) is 3.87. The van der Waals surface area contributed by atoms with Gasteiger partial charge in [-0.1, -0.05) is 0 Å². The van der Waals surface area contributed by atoms with Crippen LogP contribution in [0, 0.1) is 0 Å². The van der Waals surface area contributed by atoms with Crippen molar-refractivity contribution in [3.05, 3.63) is 0 Å². The molecule has 0 aliphatic rings. The van der Waals surface area contributed by atoms with Crippen LogP contribution in [0.1, 0.15) is 27.2 Å². The molecule has 0 aliphatic heterocycles. The molecule has 3 N–H and O–H groups in total. The summed E-state index contributed by atoms with van der Waals surface area (Å²) in [5, 5.41) is 19.8. The van der Waals surface area contributed by atoms with E-state index in [1.165, 1.54) is 0 Å². The van der Waals surface area contributed by atoms with E-state index in [0.29, 0.717) is 0 Å². The maximum Gasteiger partial charge on any atom is 0.321 e. The second-order valence-electron chi connectivity index (χ2n) is 3.88.